The SMILES string of the molecule is C.CN(c1ncnc2c1nc(-c1ccccc1)n2C)[C@@H]1C[C@@H](COS(N)(=O)=O)[C@@H](O)C1. The molecule has 0 amide bonds. The number of aliphatic hydroxyl groups excluding tert-OH is 1. The Balaban J connectivity index is 0.00000272. The highest BCUT2D eigenvalue weighted by Gasteiger charge is 2.37. The molecule has 0 bridgehead atoms. The summed E-state index contributed by atoms with van der Waals surface area (Å²) < 4.78 is 28.7. The van der Waals surface area contributed by atoms with Gasteiger partial charge in [0, 0.05) is 31.6 Å². The molecule has 2 heterocycles. The van der Waals surface area contributed by atoms with Crippen molar-refractivity contribution in [3.05, 3.63) is 36.7 Å². The van der Waals surface area contributed by atoms with Crippen LogP contribution in [0.4, 0.5) is 5.82 Å². The number of fused-ring (bicyclic) bond motifs is 1. The number of anilines is 1. The first kappa shape index (κ1) is 23.1. The molecule has 168 valence electrons. The third-order valence-corrected chi connectivity index (χ3v) is 6.09. The number of aliphatic hydroxyl groups is 1. The van der Waals surface area contributed by atoms with Crippen molar-refractivity contribution in [2.75, 3.05) is 18.6 Å². The minimum Gasteiger partial charge on any atom is -0.393 e. The Morgan fingerprint density at radius 3 is 2.65 bits per heavy atom. The molecule has 10 nitrogen and oxygen atoms in total. The lowest BCUT2D eigenvalue weighted by Gasteiger charge is -2.25. The lowest BCUT2D eigenvalue weighted by Crippen LogP contribution is -2.31. The molecule has 0 saturated heterocycles. The van der Waals surface area contributed by atoms with E-state index in [0.29, 0.717) is 29.8 Å². The van der Waals surface area contributed by atoms with Crippen molar-refractivity contribution in [2.45, 2.75) is 32.4 Å². The van der Waals surface area contributed by atoms with Crippen molar-refractivity contribution >= 4 is 27.3 Å². The first-order chi connectivity index (χ1) is 14.2. The van der Waals surface area contributed by atoms with Gasteiger partial charge in [-0.2, -0.15) is 8.42 Å². The molecule has 1 saturated carbocycles. The summed E-state index contributed by atoms with van der Waals surface area (Å²) in [5.41, 5.74) is 2.35. The third-order valence-electron chi connectivity index (χ3n) is 5.63. The maximum Gasteiger partial charge on any atom is 0.333 e. The number of nitrogens with two attached hydrogens (primary N) is 1. The minimum absolute atomic E-state index is 0. The first-order valence-electron chi connectivity index (χ1n) is 9.55. The van der Waals surface area contributed by atoms with E-state index in [1.54, 1.807) is 0 Å². The number of hydrogen-bond acceptors (Lipinski definition) is 8. The lowest BCUT2D eigenvalue weighted by molar-refractivity contribution is 0.101. The monoisotopic (exact) mass is 448 g/mol. The molecule has 11 heteroatoms. The largest absolute Gasteiger partial charge is 0.393 e. The van der Waals surface area contributed by atoms with Crippen LogP contribution in [0.1, 0.15) is 20.3 Å². The van der Waals surface area contributed by atoms with Crippen LogP contribution in [0.5, 0.6) is 0 Å². The second kappa shape index (κ2) is 8.87. The van der Waals surface area contributed by atoms with Crippen LogP contribution < -0.4 is 10.0 Å². The molecule has 31 heavy (non-hydrogen) atoms. The summed E-state index contributed by atoms with van der Waals surface area (Å²) in [6, 6.07) is 9.78. The molecule has 2 aromatic heterocycles. The quantitative estimate of drug-likeness (QED) is 0.578. The molecule has 3 atom stereocenters. The fourth-order valence-electron chi connectivity index (χ4n) is 4.02. The fraction of sp³-hybridized carbons (Fsp3) is 0.450. The van der Waals surface area contributed by atoms with Gasteiger partial charge in [-0.1, -0.05) is 37.8 Å². The average molecular weight is 449 g/mol. The van der Waals surface area contributed by atoms with E-state index in [4.69, 9.17) is 10.1 Å². The highest BCUT2D eigenvalue weighted by Crippen LogP contribution is 2.34. The van der Waals surface area contributed by atoms with Crippen LogP contribution in [0.25, 0.3) is 22.6 Å². The van der Waals surface area contributed by atoms with Crippen molar-refractivity contribution in [3.8, 4) is 11.4 Å². The minimum atomic E-state index is -4.04. The zero-order valence-corrected chi connectivity index (χ0v) is 17.5. The van der Waals surface area contributed by atoms with Gasteiger partial charge >= 0.3 is 10.3 Å². The molecule has 3 aromatic rings. The van der Waals surface area contributed by atoms with Crippen LogP contribution in [-0.2, 0) is 21.5 Å². The molecule has 0 radical (unpaired) electrons. The molecule has 1 fully saturated rings. The van der Waals surface area contributed by atoms with Gasteiger partial charge in [-0.25, -0.2) is 20.1 Å². The Kier molecular flexibility index (Phi) is 6.60. The van der Waals surface area contributed by atoms with E-state index >= 15 is 0 Å². The summed E-state index contributed by atoms with van der Waals surface area (Å²) in [4.78, 5) is 15.6. The second-order valence-electron chi connectivity index (χ2n) is 7.57. The Hall–Kier alpha value is -2.60. The Morgan fingerprint density at radius 2 is 1.97 bits per heavy atom. The van der Waals surface area contributed by atoms with E-state index < -0.39 is 16.4 Å². The maximum absolute atomic E-state index is 11.1. The summed E-state index contributed by atoms with van der Waals surface area (Å²) in [6.07, 6.45) is 1.80. The van der Waals surface area contributed by atoms with Gasteiger partial charge < -0.3 is 14.6 Å². The number of aryl methyl sites for hydroxylation is 1. The molecular formula is C20H28N6O4S. The van der Waals surface area contributed by atoms with Crippen LogP contribution in [0.2, 0.25) is 0 Å². The van der Waals surface area contributed by atoms with Crippen molar-refractivity contribution in [1.29, 1.82) is 0 Å². The fourth-order valence-corrected chi connectivity index (χ4v) is 4.38. The van der Waals surface area contributed by atoms with E-state index in [2.05, 4.69) is 14.2 Å². The molecule has 0 aliphatic heterocycles. The Morgan fingerprint density at radius 1 is 1.26 bits per heavy atom. The van der Waals surface area contributed by atoms with Crippen molar-refractivity contribution < 1.29 is 17.7 Å². The van der Waals surface area contributed by atoms with Crippen LogP contribution in [0, 0.1) is 5.92 Å². The van der Waals surface area contributed by atoms with Gasteiger partial charge in [-0.3, -0.25) is 4.18 Å². The first-order valence-corrected chi connectivity index (χ1v) is 11.0. The summed E-state index contributed by atoms with van der Waals surface area (Å²) >= 11 is 0. The second-order valence-corrected chi connectivity index (χ2v) is 8.79. The number of hydrogen-bond donors (Lipinski definition) is 2. The van der Waals surface area contributed by atoms with E-state index in [9.17, 15) is 13.5 Å². The van der Waals surface area contributed by atoms with Gasteiger partial charge in [0.15, 0.2) is 17.0 Å². The third kappa shape index (κ3) is 4.69. The molecule has 1 aliphatic carbocycles. The molecule has 4 rings (SSSR count). The van der Waals surface area contributed by atoms with Crippen molar-refractivity contribution in [2.24, 2.45) is 18.1 Å². The maximum atomic E-state index is 11.1. The molecule has 1 aromatic carbocycles. The lowest BCUT2D eigenvalue weighted by atomic mass is 10.1. The summed E-state index contributed by atoms with van der Waals surface area (Å²) in [5.74, 6) is 1.10. The van der Waals surface area contributed by atoms with Crippen LogP contribution in [0.15, 0.2) is 36.7 Å². The van der Waals surface area contributed by atoms with E-state index in [1.165, 1.54) is 6.33 Å². The summed E-state index contributed by atoms with van der Waals surface area (Å²) in [7, 11) is -0.241. The highest BCUT2D eigenvalue weighted by molar-refractivity contribution is 7.84. The number of rotatable bonds is 6. The van der Waals surface area contributed by atoms with Gasteiger partial charge in [-0.15, -0.1) is 0 Å². The molecular weight excluding hydrogens is 420 g/mol. The number of nitrogens with zero attached hydrogens (tertiary/aromatic N) is 5. The van der Waals surface area contributed by atoms with Gasteiger partial charge in [0.25, 0.3) is 0 Å². The van der Waals surface area contributed by atoms with E-state index in [0.717, 1.165) is 11.4 Å². The summed E-state index contributed by atoms with van der Waals surface area (Å²) in [6.45, 7) is -0.148. The Bertz CT molecular complexity index is 1150. The van der Waals surface area contributed by atoms with Gasteiger partial charge in [-0.05, 0) is 12.8 Å². The molecule has 1 aliphatic rings. The summed E-state index contributed by atoms with van der Waals surface area (Å²) in [5, 5.41) is 15.3. The number of benzene rings is 1. The van der Waals surface area contributed by atoms with Crippen molar-refractivity contribution in [1.82, 2.24) is 19.5 Å². The Labute approximate surface area is 182 Å². The normalized spacial score (nSPS) is 21.2. The van der Waals surface area contributed by atoms with Gasteiger partial charge in [0.2, 0.25) is 0 Å². The molecule has 0 spiro atoms. The standard InChI is InChI=1S/C19H24N6O4S.CH4/c1-24(14-8-13(15(26)9-14)10-29-30(20,27)28)18-16-19(22-11-21-18)25(2)17(23-16)12-6-4-3-5-7-12;/h3-7,11,13-15,26H,8-10H2,1-2H3,(H2,20,27,28);1H4/t13-,14+,15-;/m0./s1. The zero-order valence-electron chi connectivity index (χ0n) is 16.7. The topological polar surface area (TPSA) is 136 Å². The predicted octanol–water partition coefficient (Wildman–Crippen LogP) is 1.46. The molecule has 3 N–H and O–H groups in total. The van der Waals surface area contributed by atoms with Crippen LogP contribution in [-0.4, -0.2) is 58.8 Å². The molecule has 0 unspecified atom stereocenters. The smallest absolute Gasteiger partial charge is 0.333 e. The van der Waals surface area contributed by atoms with Gasteiger partial charge in [0.1, 0.15) is 12.2 Å². The van der Waals surface area contributed by atoms with Gasteiger partial charge in [0.05, 0.1) is 12.7 Å². The van der Waals surface area contributed by atoms with Crippen LogP contribution in [0.3, 0.4) is 0 Å². The highest BCUT2D eigenvalue weighted by atomic mass is 32.2. The number of imidazole rings is 1. The number of aromatic nitrogens is 4. The average Bonchev–Trinajstić information content (AvgIpc) is 3.26. The van der Waals surface area contributed by atoms with Crippen molar-refractivity contribution in [3.63, 3.8) is 0 Å². The zero-order chi connectivity index (χ0) is 21.5. The van der Waals surface area contributed by atoms with E-state index in [1.807, 2.05) is 53.9 Å². The van der Waals surface area contributed by atoms with Crippen LogP contribution >= 0.6 is 0 Å². The van der Waals surface area contributed by atoms with E-state index in [-0.39, 0.29) is 26.0 Å². The predicted molar refractivity (Wildman–Crippen MR) is 118 cm³/mol.